The molecule has 0 atom stereocenters. The average molecular weight is 475 g/mol. The standard InChI is InChI=1S/C8H7NO3.C8H11NO.C7H8O3S/c1-6(10)9-5-3-2-4-7(9)8(11)12;1-7(10)8-3-5-9(2)6-4-8;1-6-2-4-7(5-3-6)11(8,9)10/h2-5H,1H3;3-5H,6H2,1-2H3;2-5H,1H3,(H,8,9,10). The number of hydrogen-bond acceptors (Lipinski definition) is 7. The van der Waals surface area contributed by atoms with E-state index < -0.39 is 16.1 Å². The van der Waals surface area contributed by atoms with Gasteiger partial charge in [-0.3, -0.25) is 4.79 Å². The maximum atomic E-state index is 10.9. The number of benzene rings is 1. The van der Waals surface area contributed by atoms with Crippen molar-refractivity contribution in [2.75, 3.05) is 13.6 Å². The number of aromatic nitrogens is 1. The molecule has 0 radical (unpaired) electrons. The summed E-state index contributed by atoms with van der Waals surface area (Å²) in [6, 6.07) is 10.3. The Morgan fingerprint density at radius 1 is 1.06 bits per heavy atom. The largest absolute Gasteiger partial charge is 0.744 e. The Balaban J connectivity index is 0.000000249. The van der Waals surface area contributed by atoms with Gasteiger partial charge in [0.15, 0.2) is 12.0 Å². The predicted octanol–water partition coefficient (Wildman–Crippen LogP) is 2.19. The number of carbonyl (C=O) groups is 3. The summed E-state index contributed by atoms with van der Waals surface area (Å²) in [5.41, 5.74) is 1.72. The number of aromatic carboxylic acids is 1. The van der Waals surface area contributed by atoms with Gasteiger partial charge in [0.05, 0.1) is 11.8 Å². The van der Waals surface area contributed by atoms with Crippen molar-refractivity contribution in [3.8, 4) is 0 Å². The lowest BCUT2D eigenvalue weighted by Gasteiger charge is -2.15. The first-order chi connectivity index (χ1) is 15.3. The van der Waals surface area contributed by atoms with Gasteiger partial charge in [0.2, 0.25) is 0 Å². The van der Waals surface area contributed by atoms with Crippen molar-refractivity contribution in [1.29, 1.82) is 0 Å². The quantitative estimate of drug-likeness (QED) is 0.528. The fourth-order valence-corrected chi connectivity index (χ4v) is 2.91. The first kappa shape index (κ1) is 27.4. The number of pyridine rings is 1. The van der Waals surface area contributed by atoms with Crippen molar-refractivity contribution in [3.05, 3.63) is 83.8 Å². The van der Waals surface area contributed by atoms with Crippen LogP contribution in [0, 0.1) is 6.92 Å². The molecule has 1 aromatic heterocycles. The van der Waals surface area contributed by atoms with Gasteiger partial charge in [-0.05, 0) is 44.3 Å². The average Bonchev–Trinajstić information content (AvgIpc) is 2.74. The van der Waals surface area contributed by atoms with Crippen LogP contribution in [0.2, 0.25) is 0 Å². The first-order valence-electron chi connectivity index (χ1n) is 9.70. The topological polar surface area (TPSA) is 136 Å². The van der Waals surface area contributed by atoms with Crippen molar-refractivity contribution in [2.45, 2.75) is 25.7 Å². The summed E-state index contributed by atoms with van der Waals surface area (Å²) in [7, 11) is -2.29. The summed E-state index contributed by atoms with van der Waals surface area (Å²) in [6.07, 6.45) is 7.11. The molecule has 0 saturated carbocycles. The zero-order valence-electron chi connectivity index (χ0n) is 18.8. The minimum absolute atomic E-state index is 0.0231. The number of carboxylic acid groups (broad SMARTS) is 1. The molecule has 2 aromatic rings. The molecule has 0 spiro atoms. The Morgan fingerprint density at radius 3 is 2.06 bits per heavy atom. The van der Waals surface area contributed by atoms with Crippen LogP contribution in [0.15, 0.2) is 77.5 Å². The van der Waals surface area contributed by atoms with E-state index in [0.29, 0.717) is 0 Å². The van der Waals surface area contributed by atoms with Crippen molar-refractivity contribution in [2.24, 2.45) is 0 Å². The van der Waals surface area contributed by atoms with Crippen molar-refractivity contribution >= 4 is 27.8 Å². The number of likely N-dealkylation sites (N-methyl/N-ethyl adjacent to an activating group) is 1. The number of rotatable bonds is 3. The second kappa shape index (κ2) is 12.4. The lowest BCUT2D eigenvalue weighted by molar-refractivity contribution is -0.576. The molecule has 0 fully saturated rings. The minimum Gasteiger partial charge on any atom is -0.744 e. The van der Waals surface area contributed by atoms with E-state index in [0.717, 1.165) is 22.2 Å². The number of ketones is 1. The number of Topliss-reactive ketones (excluding diaryl/α,β-unsaturated/α-hetero) is 1. The van der Waals surface area contributed by atoms with Gasteiger partial charge >= 0.3 is 11.9 Å². The lowest BCUT2D eigenvalue weighted by Crippen LogP contribution is -2.45. The Hall–Kier alpha value is -3.63. The van der Waals surface area contributed by atoms with E-state index in [1.807, 2.05) is 37.2 Å². The molecule has 0 amide bonds. The van der Waals surface area contributed by atoms with Gasteiger partial charge in [-0.1, -0.05) is 23.8 Å². The number of aryl methyl sites for hydroxylation is 1. The molecule has 1 N–H and O–H groups in total. The van der Waals surface area contributed by atoms with Gasteiger partial charge in [0.25, 0.3) is 5.69 Å². The molecule has 9 nitrogen and oxygen atoms in total. The number of nitrogens with zero attached hydrogens (tertiary/aromatic N) is 2. The molecule has 2 heterocycles. The molecule has 0 aliphatic carbocycles. The molecule has 0 bridgehead atoms. The fraction of sp³-hybridized carbons (Fsp3) is 0.217. The van der Waals surface area contributed by atoms with Gasteiger partial charge in [0.1, 0.15) is 10.1 Å². The summed E-state index contributed by atoms with van der Waals surface area (Å²) in [5, 5.41) is 8.64. The van der Waals surface area contributed by atoms with Gasteiger partial charge in [-0.25, -0.2) is 18.0 Å². The van der Waals surface area contributed by atoms with Gasteiger partial charge in [-0.15, -0.1) is 4.57 Å². The maximum Gasteiger partial charge on any atom is 0.401 e. The molecule has 0 unspecified atom stereocenters. The molecular formula is C23H26N2O7S. The fourth-order valence-electron chi connectivity index (χ4n) is 2.44. The second-order valence-electron chi connectivity index (χ2n) is 7.02. The van der Waals surface area contributed by atoms with E-state index in [9.17, 15) is 27.4 Å². The normalized spacial score (nSPS) is 12.4. The predicted molar refractivity (Wildman–Crippen MR) is 120 cm³/mol. The van der Waals surface area contributed by atoms with Crippen LogP contribution in [0.25, 0.3) is 0 Å². The highest BCUT2D eigenvalue weighted by Gasteiger charge is 2.20. The third kappa shape index (κ3) is 9.58. The lowest BCUT2D eigenvalue weighted by atomic mass is 10.1. The Bertz CT molecular complexity index is 1130. The highest BCUT2D eigenvalue weighted by atomic mass is 32.2. The third-order valence-electron chi connectivity index (χ3n) is 4.24. The van der Waals surface area contributed by atoms with Crippen molar-refractivity contribution < 1.29 is 37.0 Å². The summed E-state index contributed by atoms with van der Waals surface area (Å²) in [4.78, 5) is 34.0. The molecule has 3 rings (SSSR count). The van der Waals surface area contributed by atoms with Crippen molar-refractivity contribution in [3.63, 3.8) is 0 Å². The van der Waals surface area contributed by atoms with Gasteiger partial charge in [0, 0.05) is 31.3 Å². The zero-order chi connectivity index (χ0) is 25.2. The van der Waals surface area contributed by atoms with Crippen LogP contribution in [0.4, 0.5) is 0 Å². The van der Waals surface area contributed by atoms with E-state index in [4.69, 9.17) is 5.11 Å². The smallest absolute Gasteiger partial charge is 0.401 e. The molecule has 10 heteroatoms. The number of hydrogen-bond donors (Lipinski definition) is 1. The van der Waals surface area contributed by atoms with Crippen LogP contribution < -0.4 is 4.57 Å². The van der Waals surface area contributed by atoms with Crippen LogP contribution in [0.1, 0.15) is 34.7 Å². The summed E-state index contributed by atoms with van der Waals surface area (Å²) < 4.78 is 32.3. The minimum atomic E-state index is -4.27. The number of carboxylic acids is 1. The molecule has 1 aromatic carbocycles. The molecule has 1 aliphatic heterocycles. The molecule has 33 heavy (non-hydrogen) atoms. The molecule has 1 aliphatic rings. The van der Waals surface area contributed by atoms with Crippen LogP contribution in [-0.4, -0.2) is 54.2 Å². The number of allylic oxidation sites excluding steroid dienone is 2. The van der Waals surface area contributed by atoms with E-state index in [-0.39, 0.29) is 22.3 Å². The van der Waals surface area contributed by atoms with E-state index in [2.05, 4.69) is 0 Å². The van der Waals surface area contributed by atoms with E-state index in [1.165, 1.54) is 31.3 Å². The highest BCUT2D eigenvalue weighted by Crippen LogP contribution is 2.08. The van der Waals surface area contributed by atoms with Gasteiger partial charge in [-0.2, -0.15) is 0 Å². The van der Waals surface area contributed by atoms with Crippen LogP contribution in [0.3, 0.4) is 0 Å². The van der Waals surface area contributed by atoms with E-state index in [1.54, 1.807) is 31.2 Å². The van der Waals surface area contributed by atoms with Crippen LogP contribution >= 0.6 is 0 Å². The molecule has 0 saturated heterocycles. The Kier molecular flexibility index (Phi) is 10.3. The first-order valence-corrected chi connectivity index (χ1v) is 11.1. The summed E-state index contributed by atoms with van der Waals surface area (Å²) in [5.74, 6) is -1.27. The van der Waals surface area contributed by atoms with Crippen LogP contribution in [0.5, 0.6) is 0 Å². The summed E-state index contributed by atoms with van der Waals surface area (Å²) in [6.45, 7) is 5.56. The number of carbonyl (C=O) groups excluding carboxylic acids is 2. The van der Waals surface area contributed by atoms with Crippen LogP contribution in [-0.2, 0) is 14.9 Å². The second-order valence-corrected chi connectivity index (χ2v) is 8.40. The summed E-state index contributed by atoms with van der Waals surface area (Å²) >= 11 is 0. The third-order valence-corrected chi connectivity index (χ3v) is 5.09. The van der Waals surface area contributed by atoms with Crippen molar-refractivity contribution in [1.82, 2.24) is 4.90 Å². The highest BCUT2D eigenvalue weighted by molar-refractivity contribution is 7.85. The van der Waals surface area contributed by atoms with E-state index >= 15 is 0 Å². The monoisotopic (exact) mass is 474 g/mol. The Morgan fingerprint density at radius 2 is 1.67 bits per heavy atom. The maximum absolute atomic E-state index is 10.9. The zero-order valence-corrected chi connectivity index (χ0v) is 19.6. The SMILES string of the molecule is CC(=O)C1=CCN(C)C=C1.CC(=O)[n+]1ccccc1C(=O)O.Cc1ccc(S(=O)(=O)[O-])cc1. The molecule has 176 valence electrons. The Labute approximate surface area is 193 Å². The van der Waals surface area contributed by atoms with Gasteiger partial charge < -0.3 is 14.6 Å². The molecular weight excluding hydrogens is 448 g/mol.